The molecule has 0 fully saturated rings. The van der Waals surface area contributed by atoms with Gasteiger partial charge in [0.05, 0.1) is 0 Å². The van der Waals surface area contributed by atoms with Crippen LogP contribution in [-0.2, 0) is 19.6 Å². The smallest absolute Gasteiger partial charge is 0.442 e. The number of carbonyl (C=O) groups excluding carboxylic acids is 1. The van der Waals surface area contributed by atoms with Gasteiger partial charge in [-0.15, -0.1) is 0 Å². The van der Waals surface area contributed by atoms with Gasteiger partial charge in [0.2, 0.25) is 0 Å². The molecule has 0 spiro atoms. The highest BCUT2D eigenvalue weighted by atomic mass is 32.2. The Kier molecular flexibility index (Phi) is 5.00. The minimum absolute atomic E-state index is 0.602. The van der Waals surface area contributed by atoms with Gasteiger partial charge in [0.1, 0.15) is 5.57 Å². The predicted molar refractivity (Wildman–Crippen MR) is 48.9 cm³/mol. The van der Waals surface area contributed by atoms with E-state index in [1.807, 2.05) is 0 Å². The molecule has 0 aromatic rings. The second-order valence-electron chi connectivity index (χ2n) is 3.09. The standard InChI is InChI=1S/C7H7F6NO4S/c1-3(6(8,9)10)5(15)18-4(2)14-19(16,17)7(11,12)13/h4,14H,1H2,2H3. The van der Waals surface area contributed by atoms with Crippen LogP contribution in [-0.4, -0.2) is 32.3 Å². The molecule has 1 N–H and O–H groups in total. The van der Waals surface area contributed by atoms with Crippen LogP contribution in [0.2, 0.25) is 0 Å². The Morgan fingerprint density at radius 2 is 1.63 bits per heavy atom. The molecule has 0 aromatic heterocycles. The highest BCUT2D eigenvalue weighted by Gasteiger charge is 2.47. The lowest BCUT2D eigenvalue weighted by Gasteiger charge is -2.17. The Hall–Kier alpha value is -1.30. The minimum atomic E-state index is -5.84. The third-order valence-corrected chi connectivity index (χ3v) is 2.75. The second kappa shape index (κ2) is 5.36. The molecule has 0 saturated carbocycles. The van der Waals surface area contributed by atoms with Crippen molar-refractivity contribution in [3.63, 3.8) is 0 Å². The molecular formula is C7H7F6NO4S. The van der Waals surface area contributed by atoms with Crippen molar-refractivity contribution in [2.24, 2.45) is 0 Å². The van der Waals surface area contributed by atoms with Crippen molar-refractivity contribution >= 4 is 16.0 Å². The van der Waals surface area contributed by atoms with E-state index in [0.29, 0.717) is 6.92 Å². The molecule has 0 aliphatic heterocycles. The average Bonchev–Trinajstić information content (AvgIpc) is 2.11. The summed E-state index contributed by atoms with van der Waals surface area (Å²) in [5.74, 6) is -2.09. The van der Waals surface area contributed by atoms with Gasteiger partial charge in [-0.25, -0.2) is 13.2 Å². The van der Waals surface area contributed by atoms with Crippen molar-refractivity contribution in [3.05, 3.63) is 12.2 Å². The maximum absolute atomic E-state index is 12.0. The van der Waals surface area contributed by atoms with Gasteiger partial charge in [-0.3, -0.25) is 0 Å². The van der Waals surface area contributed by atoms with E-state index in [1.54, 1.807) is 0 Å². The van der Waals surface area contributed by atoms with E-state index in [1.165, 1.54) is 0 Å². The van der Waals surface area contributed by atoms with Crippen molar-refractivity contribution in [1.82, 2.24) is 4.72 Å². The van der Waals surface area contributed by atoms with Crippen LogP contribution >= 0.6 is 0 Å². The lowest BCUT2D eigenvalue weighted by atomic mass is 10.3. The molecule has 0 bridgehead atoms. The van der Waals surface area contributed by atoms with E-state index in [9.17, 15) is 39.6 Å². The zero-order valence-electron chi connectivity index (χ0n) is 9.09. The van der Waals surface area contributed by atoms with Gasteiger partial charge in [-0.05, 0) is 6.92 Å². The topological polar surface area (TPSA) is 72.5 Å². The molecule has 0 rings (SSSR count). The summed E-state index contributed by atoms with van der Waals surface area (Å²) < 4.78 is 97.3. The van der Waals surface area contributed by atoms with E-state index >= 15 is 0 Å². The molecule has 0 aromatic carbocycles. The maximum Gasteiger partial charge on any atom is 0.511 e. The van der Waals surface area contributed by atoms with E-state index in [2.05, 4.69) is 11.3 Å². The van der Waals surface area contributed by atoms with Crippen LogP contribution < -0.4 is 4.72 Å². The second-order valence-corrected chi connectivity index (χ2v) is 4.80. The number of sulfonamides is 1. The van der Waals surface area contributed by atoms with Crippen LogP contribution in [0.5, 0.6) is 0 Å². The highest BCUT2D eigenvalue weighted by Crippen LogP contribution is 2.25. The lowest BCUT2D eigenvalue weighted by molar-refractivity contribution is -0.155. The van der Waals surface area contributed by atoms with Crippen molar-refractivity contribution in [3.8, 4) is 0 Å². The number of carbonyl (C=O) groups is 1. The first-order chi connectivity index (χ1) is 8.18. The molecule has 19 heavy (non-hydrogen) atoms. The number of halogens is 6. The van der Waals surface area contributed by atoms with E-state index in [0.717, 1.165) is 4.72 Å². The third-order valence-electron chi connectivity index (χ3n) is 1.50. The minimum Gasteiger partial charge on any atom is -0.442 e. The molecule has 12 heteroatoms. The lowest BCUT2D eigenvalue weighted by Crippen LogP contribution is -2.43. The molecule has 0 amide bonds. The summed E-state index contributed by atoms with van der Waals surface area (Å²) in [5, 5.41) is 0. The summed E-state index contributed by atoms with van der Waals surface area (Å²) in [6.45, 7) is 2.93. The fourth-order valence-corrected chi connectivity index (χ4v) is 1.28. The summed E-state index contributed by atoms with van der Waals surface area (Å²) in [5.41, 5.74) is -7.67. The largest absolute Gasteiger partial charge is 0.511 e. The first-order valence-electron chi connectivity index (χ1n) is 4.24. The quantitative estimate of drug-likeness (QED) is 0.369. The molecule has 0 heterocycles. The van der Waals surface area contributed by atoms with Crippen LogP contribution in [0.4, 0.5) is 26.3 Å². The number of nitrogens with one attached hydrogen (secondary N) is 1. The fraction of sp³-hybridized carbons (Fsp3) is 0.571. The molecule has 5 nitrogen and oxygen atoms in total. The van der Waals surface area contributed by atoms with Crippen LogP contribution in [0.25, 0.3) is 0 Å². The Morgan fingerprint density at radius 3 is 1.95 bits per heavy atom. The molecule has 1 atom stereocenters. The predicted octanol–water partition coefficient (Wildman–Crippen LogP) is 1.43. The normalized spacial score (nSPS) is 14.9. The molecule has 112 valence electrons. The summed E-state index contributed by atoms with van der Waals surface area (Å²) in [4.78, 5) is 10.8. The number of hydrogen-bond acceptors (Lipinski definition) is 4. The monoisotopic (exact) mass is 315 g/mol. The molecule has 1 unspecified atom stereocenters. The molecule has 0 radical (unpaired) electrons. The fourth-order valence-electron chi connectivity index (χ4n) is 0.657. The molecular weight excluding hydrogens is 308 g/mol. The number of ether oxygens (including phenoxy) is 1. The van der Waals surface area contributed by atoms with Gasteiger partial charge in [0.15, 0.2) is 6.23 Å². The highest BCUT2D eigenvalue weighted by molar-refractivity contribution is 7.90. The van der Waals surface area contributed by atoms with Crippen LogP contribution in [0.1, 0.15) is 6.92 Å². The summed E-state index contributed by atoms with van der Waals surface area (Å²) >= 11 is 0. The van der Waals surface area contributed by atoms with Gasteiger partial charge < -0.3 is 4.74 Å². The number of hydrogen-bond donors (Lipinski definition) is 1. The van der Waals surface area contributed by atoms with Gasteiger partial charge in [-0.2, -0.15) is 31.1 Å². The number of alkyl halides is 6. The Labute approximate surface area is 103 Å². The van der Waals surface area contributed by atoms with Gasteiger partial charge in [0.25, 0.3) is 0 Å². The zero-order valence-corrected chi connectivity index (χ0v) is 9.91. The van der Waals surface area contributed by atoms with Gasteiger partial charge >= 0.3 is 27.7 Å². The molecule has 0 aliphatic carbocycles. The van der Waals surface area contributed by atoms with Gasteiger partial charge in [0, 0.05) is 0 Å². The summed E-state index contributed by atoms with van der Waals surface area (Å²) in [6, 6.07) is 0. The Morgan fingerprint density at radius 1 is 1.21 bits per heavy atom. The summed E-state index contributed by atoms with van der Waals surface area (Å²) in [7, 11) is -5.84. The van der Waals surface area contributed by atoms with Crippen molar-refractivity contribution in [2.45, 2.75) is 24.8 Å². The van der Waals surface area contributed by atoms with Crippen LogP contribution in [0.3, 0.4) is 0 Å². The van der Waals surface area contributed by atoms with Crippen molar-refractivity contribution in [2.75, 3.05) is 0 Å². The van der Waals surface area contributed by atoms with E-state index in [-0.39, 0.29) is 0 Å². The van der Waals surface area contributed by atoms with Gasteiger partial charge in [-0.1, -0.05) is 6.58 Å². The average molecular weight is 315 g/mol. The third kappa shape index (κ3) is 5.06. The molecule has 0 aliphatic rings. The first-order valence-corrected chi connectivity index (χ1v) is 5.72. The SMILES string of the molecule is C=C(C(=O)OC(C)NS(=O)(=O)C(F)(F)F)C(F)(F)F. The number of rotatable bonds is 4. The Bertz CT molecular complexity index is 465. The van der Waals surface area contributed by atoms with Crippen molar-refractivity contribution < 1.29 is 44.3 Å². The van der Waals surface area contributed by atoms with Crippen LogP contribution in [0, 0.1) is 0 Å². The first kappa shape index (κ1) is 17.7. The van der Waals surface area contributed by atoms with E-state index < -0.39 is 39.5 Å². The molecule has 0 saturated heterocycles. The Balaban J connectivity index is 4.72. The zero-order chi connectivity index (χ0) is 15.6. The van der Waals surface area contributed by atoms with Crippen LogP contribution in [0.15, 0.2) is 12.2 Å². The van der Waals surface area contributed by atoms with Crippen molar-refractivity contribution in [1.29, 1.82) is 0 Å². The maximum atomic E-state index is 12.0. The number of esters is 1. The van der Waals surface area contributed by atoms with E-state index in [4.69, 9.17) is 0 Å². The summed E-state index contributed by atoms with van der Waals surface area (Å²) in [6.07, 6.45) is -7.29.